The van der Waals surface area contributed by atoms with E-state index >= 15 is 0 Å². The second-order valence-corrected chi connectivity index (χ2v) is 7.19. The van der Waals surface area contributed by atoms with Crippen LogP contribution in [0.25, 0.3) is 0 Å². The molecular weight excluding hydrogens is 332 g/mol. The molecule has 1 aliphatic carbocycles. The molecule has 6 N–H and O–H groups in total. The lowest BCUT2D eigenvalue weighted by Gasteiger charge is -2.39. The molecule has 8 nitrogen and oxygen atoms in total. The minimum atomic E-state index is -1.54. The summed E-state index contributed by atoms with van der Waals surface area (Å²) in [6.07, 6.45) is -7.38. The van der Waals surface area contributed by atoms with Crippen molar-refractivity contribution >= 4 is 0 Å². The van der Waals surface area contributed by atoms with Crippen LogP contribution in [0.2, 0.25) is 0 Å². The highest BCUT2D eigenvalue weighted by atomic mass is 16.7. The molecule has 1 saturated heterocycles. The molecule has 1 fully saturated rings. The van der Waals surface area contributed by atoms with E-state index in [4.69, 9.17) is 9.47 Å². The Morgan fingerprint density at radius 2 is 1.80 bits per heavy atom. The smallest absolute Gasteiger partial charge is 0.229 e. The van der Waals surface area contributed by atoms with Crippen LogP contribution in [0.1, 0.15) is 25.0 Å². The number of hydrogen-bond acceptors (Lipinski definition) is 8. The summed E-state index contributed by atoms with van der Waals surface area (Å²) in [5.41, 5.74) is 0.477. The number of ether oxygens (including phenoxy) is 2. The van der Waals surface area contributed by atoms with Crippen molar-refractivity contribution < 1.29 is 40.1 Å². The molecule has 140 valence electrons. The van der Waals surface area contributed by atoms with Crippen molar-refractivity contribution in [1.29, 1.82) is 0 Å². The molecule has 1 aliphatic heterocycles. The second-order valence-electron chi connectivity index (χ2n) is 7.19. The molecule has 0 radical (unpaired) electrons. The van der Waals surface area contributed by atoms with Crippen molar-refractivity contribution in [2.24, 2.45) is 0 Å². The Morgan fingerprint density at radius 1 is 1.12 bits per heavy atom. The number of aromatic hydroxyl groups is 1. The van der Waals surface area contributed by atoms with E-state index in [-0.39, 0.29) is 12.2 Å². The third-order valence-electron chi connectivity index (χ3n) is 5.21. The summed E-state index contributed by atoms with van der Waals surface area (Å²) < 4.78 is 11.0. The topological polar surface area (TPSA) is 140 Å². The number of benzene rings is 1. The quantitative estimate of drug-likeness (QED) is 0.395. The van der Waals surface area contributed by atoms with Gasteiger partial charge in [0.15, 0.2) is 0 Å². The molecular formula is C17H24O8. The Kier molecular flexibility index (Phi) is 4.69. The standard InChI is InChI=1S/C17H24O8/c1-17(2)11(20)5-7-9(4-3-8(19)12(7)17)24-16-15(23)14(22)13(21)10(6-18)25-16/h3-4,10-11,13-16,18-23H,5-6H2,1-2H3/t10-,11+,13-,14+,15-,16-/m1/s1. The van der Waals surface area contributed by atoms with Gasteiger partial charge in [-0.1, -0.05) is 13.8 Å². The lowest BCUT2D eigenvalue weighted by atomic mass is 9.84. The van der Waals surface area contributed by atoms with E-state index in [1.807, 2.05) is 0 Å². The van der Waals surface area contributed by atoms with Gasteiger partial charge in [0.05, 0.1) is 12.7 Å². The summed E-state index contributed by atoms with van der Waals surface area (Å²) in [6, 6.07) is 2.92. The number of hydrogen-bond donors (Lipinski definition) is 6. The average molecular weight is 356 g/mol. The summed E-state index contributed by atoms with van der Waals surface area (Å²) >= 11 is 0. The summed E-state index contributed by atoms with van der Waals surface area (Å²) in [5.74, 6) is 0.333. The predicted molar refractivity (Wildman–Crippen MR) is 85.2 cm³/mol. The van der Waals surface area contributed by atoms with E-state index in [1.54, 1.807) is 13.8 Å². The first-order chi connectivity index (χ1) is 11.7. The fourth-order valence-electron chi connectivity index (χ4n) is 3.55. The Balaban J connectivity index is 1.91. The SMILES string of the molecule is CC1(C)c2c(O)ccc(O[C@@H]3O[C@H](CO)[C@@H](O)[C@H](O)[C@H]3O)c2C[C@@H]1O. The molecule has 0 unspecified atom stereocenters. The van der Waals surface area contributed by atoms with Gasteiger partial charge in [0, 0.05) is 23.0 Å². The monoisotopic (exact) mass is 356 g/mol. The summed E-state index contributed by atoms with van der Waals surface area (Å²) in [4.78, 5) is 0. The normalized spacial score (nSPS) is 36.9. The maximum absolute atomic E-state index is 10.3. The first kappa shape index (κ1) is 18.4. The Bertz CT molecular complexity index is 644. The lowest BCUT2D eigenvalue weighted by Crippen LogP contribution is -2.60. The number of rotatable bonds is 3. The zero-order valence-corrected chi connectivity index (χ0v) is 14.0. The Labute approximate surface area is 144 Å². The second kappa shape index (κ2) is 6.39. The maximum atomic E-state index is 10.3. The minimum absolute atomic E-state index is 0.0395. The molecule has 2 aliphatic rings. The number of aliphatic hydroxyl groups excluding tert-OH is 5. The lowest BCUT2D eigenvalue weighted by molar-refractivity contribution is -0.277. The van der Waals surface area contributed by atoms with Gasteiger partial charge in [0.1, 0.15) is 35.9 Å². The highest BCUT2D eigenvalue weighted by molar-refractivity contribution is 5.55. The van der Waals surface area contributed by atoms with Crippen LogP contribution in [0.3, 0.4) is 0 Å². The molecule has 25 heavy (non-hydrogen) atoms. The zero-order chi connectivity index (χ0) is 18.5. The first-order valence-electron chi connectivity index (χ1n) is 8.19. The third-order valence-corrected chi connectivity index (χ3v) is 5.21. The van der Waals surface area contributed by atoms with Gasteiger partial charge in [-0.25, -0.2) is 0 Å². The predicted octanol–water partition coefficient (Wildman–Crippen LogP) is -1.23. The molecule has 8 heteroatoms. The van der Waals surface area contributed by atoms with Crippen LogP contribution >= 0.6 is 0 Å². The molecule has 3 rings (SSSR count). The van der Waals surface area contributed by atoms with Gasteiger partial charge in [-0.3, -0.25) is 0 Å². The Hall–Kier alpha value is -1.42. The van der Waals surface area contributed by atoms with Crippen LogP contribution in [-0.2, 0) is 16.6 Å². The van der Waals surface area contributed by atoms with Crippen molar-refractivity contribution in [2.75, 3.05) is 6.61 Å². The summed E-state index contributed by atoms with van der Waals surface area (Å²) in [7, 11) is 0. The highest BCUT2D eigenvalue weighted by Crippen LogP contribution is 2.47. The highest BCUT2D eigenvalue weighted by Gasteiger charge is 2.46. The summed E-state index contributed by atoms with van der Waals surface area (Å²) in [6.45, 7) is 3.06. The molecule has 0 bridgehead atoms. The Morgan fingerprint density at radius 3 is 2.44 bits per heavy atom. The van der Waals surface area contributed by atoms with Crippen LogP contribution in [0.5, 0.6) is 11.5 Å². The van der Waals surface area contributed by atoms with Crippen LogP contribution in [0.15, 0.2) is 12.1 Å². The average Bonchev–Trinajstić information content (AvgIpc) is 2.81. The van der Waals surface area contributed by atoms with Gasteiger partial charge in [-0.15, -0.1) is 0 Å². The van der Waals surface area contributed by atoms with Crippen molar-refractivity contribution in [3.63, 3.8) is 0 Å². The maximum Gasteiger partial charge on any atom is 0.229 e. The third kappa shape index (κ3) is 2.88. The number of phenolic OH excluding ortho intramolecular Hbond substituents is 1. The van der Waals surface area contributed by atoms with Crippen LogP contribution in [0.4, 0.5) is 0 Å². The fraction of sp³-hybridized carbons (Fsp3) is 0.647. The number of aliphatic hydroxyl groups is 5. The molecule has 1 heterocycles. The van der Waals surface area contributed by atoms with E-state index in [1.165, 1.54) is 12.1 Å². The fourth-order valence-corrected chi connectivity index (χ4v) is 3.55. The van der Waals surface area contributed by atoms with E-state index in [2.05, 4.69) is 0 Å². The number of fused-ring (bicyclic) bond motifs is 1. The largest absolute Gasteiger partial charge is 0.508 e. The van der Waals surface area contributed by atoms with Gasteiger partial charge in [0.2, 0.25) is 6.29 Å². The molecule has 6 atom stereocenters. The van der Waals surface area contributed by atoms with E-state index < -0.39 is 48.8 Å². The molecule has 0 amide bonds. The summed E-state index contributed by atoms with van der Waals surface area (Å²) in [5, 5.41) is 59.5. The van der Waals surface area contributed by atoms with Crippen LogP contribution < -0.4 is 4.74 Å². The van der Waals surface area contributed by atoms with Crippen LogP contribution in [-0.4, -0.2) is 74.1 Å². The molecule has 0 saturated carbocycles. The first-order valence-corrected chi connectivity index (χ1v) is 8.19. The molecule has 1 aromatic rings. The minimum Gasteiger partial charge on any atom is -0.508 e. The van der Waals surface area contributed by atoms with Crippen LogP contribution in [0, 0.1) is 0 Å². The molecule has 0 aromatic heterocycles. The van der Waals surface area contributed by atoms with E-state index in [9.17, 15) is 30.6 Å². The zero-order valence-electron chi connectivity index (χ0n) is 14.0. The van der Waals surface area contributed by atoms with E-state index in [0.29, 0.717) is 16.9 Å². The van der Waals surface area contributed by atoms with Gasteiger partial charge < -0.3 is 40.1 Å². The number of phenols is 1. The van der Waals surface area contributed by atoms with Gasteiger partial charge >= 0.3 is 0 Å². The van der Waals surface area contributed by atoms with Crippen molar-refractivity contribution in [1.82, 2.24) is 0 Å². The van der Waals surface area contributed by atoms with E-state index in [0.717, 1.165) is 0 Å². The van der Waals surface area contributed by atoms with Gasteiger partial charge in [0.25, 0.3) is 0 Å². The molecule has 1 aromatic carbocycles. The van der Waals surface area contributed by atoms with Crippen molar-refractivity contribution in [3.05, 3.63) is 23.3 Å². The molecule has 0 spiro atoms. The van der Waals surface area contributed by atoms with Gasteiger partial charge in [-0.05, 0) is 12.1 Å². The van der Waals surface area contributed by atoms with Crippen molar-refractivity contribution in [3.8, 4) is 11.5 Å². The van der Waals surface area contributed by atoms with Gasteiger partial charge in [-0.2, -0.15) is 0 Å². The van der Waals surface area contributed by atoms with Crippen molar-refractivity contribution in [2.45, 2.75) is 62.5 Å².